The van der Waals surface area contributed by atoms with Gasteiger partial charge in [-0.1, -0.05) is 0 Å². The minimum Gasteiger partial charge on any atom is -0.412 e. The van der Waals surface area contributed by atoms with Gasteiger partial charge in [-0.05, 0) is 0 Å². The molecule has 0 aromatic carbocycles. The molecular formula is C4H12ClOSn. The molecule has 0 bridgehead atoms. The van der Waals surface area contributed by atoms with Crippen LogP contribution in [0.25, 0.3) is 0 Å². The summed E-state index contributed by atoms with van der Waals surface area (Å²) in [4.78, 5) is 0. The molecule has 0 aliphatic rings. The Labute approximate surface area is 58.7 Å². The summed E-state index contributed by atoms with van der Waals surface area (Å²) in [5.74, 6) is 0.851. The first-order valence-corrected chi connectivity index (χ1v) is 8.69. The van der Waals surface area contributed by atoms with E-state index in [-0.39, 0.29) is 5.48 Å². The Kier molecular flexibility index (Phi) is 11.0. The molecule has 2 N–H and O–H groups in total. The number of hydrogen-bond acceptors (Lipinski definition) is 0. The second-order valence-electron chi connectivity index (χ2n) is 1.78. The third-order valence-corrected chi connectivity index (χ3v) is 4.96. The first kappa shape index (κ1) is 10.9. The number of rotatable bonds is 2. The zero-order valence-corrected chi connectivity index (χ0v) is 8.79. The van der Waals surface area contributed by atoms with Crippen molar-refractivity contribution in [2.24, 2.45) is 5.92 Å². The molecule has 0 saturated carbocycles. The molecule has 0 aromatic heterocycles. The van der Waals surface area contributed by atoms with Crippen LogP contribution in [0.1, 0.15) is 13.8 Å². The van der Waals surface area contributed by atoms with Crippen LogP contribution >= 0.6 is 8.92 Å². The normalized spacial score (nSPS) is 8.57. The second kappa shape index (κ2) is 7.05. The van der Waals surface area contributed by atoms with Gasteiger partial charge in [-0.2, -0.15) is 0 Å². The predicted octanol–water partition coefficient (Wildman–Crippen LogP) is 0.826. The minimum absolute atomic E-state index is 0. The van der Waals surface area contributed by atoms with Crippen LogP contribution < -0.4 is 0 Å². The van der Waals surface area contributed by atoms with Crippen molar-refractivity contribution in [3.63, 3.8) is 0 Å². The summed E-state index contributed by atoms with van der Waals surface area (Å²) in [6.45, 7) is 4.43. The van der Waals surface area contributed by atoms with Crippen LogP contribution in [0.15, 0.2) is 0 Å². The molecule has 1 nitrogen and oxygen atoms in total. The van der Waals surface area contributed by atoms with Crippen LogP contribution in [0.2, 0.25) is 4.44 Å². The molecule has 0 fully saturated rings. The zero-order chi connectivity index (χ0) is 4.99. The van der Waals surface area contributed by atoms with Gasteiger partial charge in [0.15, 0.2) is 0 Å². The maximum atomic E-state index is 5.59. The van der Waals surface area contributed by atoms with Gasteiger partial charge in [-0.25, -0.2) is 0 Å². The molecule has 7 heavy (non-hydrogen) atoms. The van der Waals surface area contributed by atoms with Crippen molar-refractivity contribution in [1.82, 2.24) is 0 Å². The number of hydrogen-bond donors (Lipinski definition) is 0. The van der Waals surface area contributed by atoms with Crippen molar-refractivity contribution in [3.05, 3.63) is 0 Å². The minimum atomic E-state index is -0.516. The van der Waals surface area contributed by atoms with Gasteiger partial charge < -0.3 is 5.48 Å². The Morgan fingerprint density at radius 1 is 1.57 bits per heavy atom. The van der Waals surface area contributed by atoms with Gasteiger partial charge in [-0.15, -0.1) is 0 Å². The molecule has 0 aliphatic heterocycles. The van der Waals surface area contributed by atoms with Gasteiger partial charge >= 0.3 is 53.1 Å². The molecule has 0 unspecified atom stereocenters. The molecule has 3 heteroatoms. The van der Waals surface area contributed by atoms with Crippen LogP contribution in [0, 0.1) is 5.92 Å². The summed E-state index contributed by atoms with van der Waals surface area (Å²) in [6, 6.07) is 0. The van der Waals surface area contributed by atoms with Gasteiger partial charge in [-0.3, -0.25) is 0 Å². The van der Waals surface area contributed by atoms with E-state index in [1.165, 1.54) is 4.44 Å². The van der Waals surface area contributed by atoms with E-state index in [1.54, 1.807) is 0 Å². The fraction of sp³-hybridized carbons (Fsp3) is 1.00. The van der Waals surface area contributed by atoms with E-state index in [1.807, 2.05) is 0 Å². The summed E-state index contributed by atoms with van der Waals surface area (Å²) in [7, 11) is 5.59. The van der Waals surface area contributed by atoms with Gasteiger partial charge in [0.2, 0.25) is 0 Å². The van der Waals surface area contributed by atoms with Crippen LogP contribution in [-0.2, 0) is 0 Å². The third-order valence-electron chi connectivity index (χ3n) is 0.560. The van der Waals surface area contributed by atoms with Crippen LogP contribution in [-0.4, -0.2) is 25.5 Å². The standard InChI is InChI=1S/C4H9.ClH.H2O.Sn.H/c1-4(2)3;;;;/h4H,1H2,2-3H3;1H;1H2;;/q;;;+1;/p-1. The average Bonchev–Trinajstić information content (AvgIpc) is 1.35. The van der Waals surface area contributed by atoms with Crippen molar-refractivity contribution in [3.8, 4) is 0 Å². The smallest absolute Gasteiger partial charge is 0.412 e. The van der Waals surface area contributed by atoms with E-state index in [0.29, 0.717) is 0 Å². The fourth-order valence-electron chi connectivity index (χ4n) is 0.178. The molecule has 0 aliphatic carbocycles. The topological polar surface area (TPSA) is 31.5 Å². The van der Waals surface area contributed by atoms with Crippen LogP contribution in [0.3, 0.4) is 0 Å². The monoisotopic (exact) mass is 231 g/mol. The maximum Gasteiger partial charge on any atom is -0.412 e. The van der Waals surface area contributed by atoms with Gasteiger partial charge in [0.1, 0.15) is 0 Å². The van der Waals surface area contributed by atoms with Crippen LogP contribution in [0.5, 0.6) is 0 Å². The molecule has 45 valence electrons. The van der Waals surface area contributed by atoms with Gasteiger partial charge in [0.25, 0.3) is 0 Å². The van der Waals surface area contributed by atoms with Crippen molar-refractivity contribution in [2.45, 2.75) is 18.3 Å². The van der Waals surface area contributed by atoms with Crippen molar-refractivity contribution < 1.29 is 5.48 Å². The van der Waals surface area contributed by atoms with E-state index >= 15 is 0 Å². The quantitative estimate of drug-likeness (QED) is 0.629. The molecule has 0 amide bonds. The van der Waals surface area contributed by atoms with E-state index < -0.39 is 20.0 Å². The second-order valence-corrected chi connectivity index (χ2v) is 6.08. The van der Waals surface area contributed by atoms with Crippen molar-refractivity contribution in [1.29, 1.82) is 0 Å². The molecule has 1 radical (unpaired) electrons. The van der Waals surface area contributed by atoms with Gasteiger partial charge in [0, 0.05) is 0 Å². The summed E-state index contributed by atoms with van der Waals surface area (Å²) in [5, 5.41) is 0. The Morgan fingerprint density at radius 3 is 2.00 bits per heavy atom. The Morgan fingerprint density at radius 2 is 2.00 bits per heavy atom. The first-order chi connectivity index (χ1) is 2.77. The summed E-state index contributed by atoms with van der Waals surface area (Å²) in [5.41, 5.74) is 0. The summed E-state index contributed by atoms with van der Waals surface area (Å²) in [6.07, 6.45) is 0. The first-order valence-electron chi connectivity index (χ1n) is 2.19. The Hall–Kier alpha value is 1.05. The van der Waals surface area contributed by atoms with Gasteiger partial charge in [0.05, 0.1) is 0 Å². The fourth-order valence-corrected chi connectivity index (χ4v) is 3.59. The molecule has 0 heterocycles. The van der Waals surface area contributed by atoms with E-state index in [9.17, 15) is 0 Å². The molecule has 0 rings (SSSR count). The predicted molar refractivity (Wildman–Crippen MR) is 36.3 cm³/mol. The summed E-state index contributed by atoms with van der Waals surface area (Å²) >= 11 is -0.516. The number of halogens is 1. The molecule has 0 saturated heterocycles. The molecular weight excluding hydrogens is 218 g/mol. The molecule has 0 spiro atoms. The molecule has 0 aromatic rings. The van der Waals surface area contributed by atoms with Crippen LogP contribution in [0.4, 0.5) is 0 Å². The maximum absolute atomic E-state index is 5.59. The Bertz CT molecular complexity index is 32.9. The van der Waals surface area contributed by atoms with E-state index in [2.05, 4.69) is 13.8 Å². The average molecular weight is 230 g/mol. The Balaban J connectivity index is 0. The largest absolute Gasteiger partial charge is 0.412 e. The van der Waals surface area contributed by atoms with E-state index in [0.717, 1.165) is 5.92 Å². The van der Waals surface area contributed by atoms with Crippen molar-refractivity contribution >= 4 is 28.9 Å². The van der Waals surface area contributed by atoms with E-state index in [4.69, 9.17) is 8.92 Å². The summed E-state index contributed by atoms with van der Waals surface area (Å²) < 4.78 is 1.33. The zero-order valence-electron chi connectivity index (χ0n) is 4.74. The van der Waals surface area contributed by atoms with Crippen molar-refractivity contribution in [2.75, 3.05) is 0 Å². The SMILES string of the molecule is CC(C)[CH2][SnH][Cl].O. The third kappa shape index (κ3) is 11.0. The molecule has 0 atom stereocenters.